The number of hydrogen-bond donors (Lipinski definition) is 1. The molecule has 0 aliphatic carbocycles. The van der Waals surface area contributed by atoms with Crippen LogP contribution in [0, 0.1) is 6.92 Å². The van der Waals surface area contributed by atoms with Crippen molar-refractivity contribution < 1.29 is 0 Å². The molecule has 0 radical (unpaired) electrons. The molecule has 1 aromatic carbocycles. The first-order valence-electron chi connectivity index (χ1n) is 4.77. The molecule has 1 N–H and O–H groups in total. The Morgan fingerprint density at radius 1 is 1.46 bits per heavy atom. The Hall–Kier alpha value is -0.340. The van der Waals surface area contributed by atoms with Crippen molar-refractivity contribution in [1.82, 2.24) is 5.32 Å². The second-order valence-electron chi connectivity index (χ2n) is 3.63. The lowest BCUT2D eigenvalue weighted by Gasteiger charge is -2.13. The maximum Gasteiger partial charge on any atom is 0.0332 e. The number of halogens is 1. The van der Waals surface area contributed by atoms with E-state index in [1.165, 1.54) is 28.4 Å². The molecule has 1 aliphatic heterocycles. The maximum absolute atomic E-state index is 3.65. The molecule has 0 aromatic heterocycles. The number of hydrogen-bond acceptors (Lipinski definition) is 1. The Labute approximate surface area is 87.7 Å². The van der Waals surface area contributed by atoms with Crippen molar-refractivity contribution in [3.63, 3.8) is 0 Å². The van der Waals surface area contributed by atoms with Gasteiger partial charge in [0.25, 0.3) is 0 Å². The van der Waals surface area contributed by atoms with Crippen LogP contribution in [0.15, 0.2) is 22.7 Å². The summed E-state index contributed by atoms with van der Waals surface area (Å²) in [6.07, 6.45) is 2.56. The topological polar surface area (TPSA) is 12.0 Å². The molecule has 0 spiro atoms. The second kappa shape index (κ2) is 3.81. The van der Waals surface area contributed by atoms with E-state index < -0.39 is 0 Å². The van der Waals surface area contributed by atoms with E-state index in [4.69, 9.17) is 0 Å². The van der Waals surface area contributed by atoms with E-state index in [9.17, 15) is 0 Å². The molecule has 2 rings (SSSR count). The van der Waals surface area contributed by atoms with Gasteiger partial charge in [-0.25, -0.2) is 0 Å². The van der Waals surface area contributed by atoms with Crippen LogP contribution in [0.25, 0.3) is 0 Å². The van der Waals surface area contributed by atoms with Crippen molar-refractivity contribution in [3.05, 3.63) is 33.8 Å². The van der Waals surface area contributed by atoms with Crippen molar-refractivity contribution in [3.8, 4) is 0 Å². The summed E-state index contributed by atoms with van der Waals surface area (Å²) in [5.74, 6) is 0. The Kier molecular flexibility index (Phi) is 2.70. The van der Waals surface area contributed by atoms with Gasteiger partial charge in [-0.1, -0.05) is 34.1 Å². The molecule has 13 heavy (non-hydrogen) atoms. The smallest absolute Gasteiger partial charge is 0.0332 e. The number of benzene rings is 1. The van der Waals surface area contributed by atoms with Gasteiger partial charge in [-0.2, -0.15) is 0 Å². The van der Waals surface area contributed by atoms with Crippen LogP contribution in [-0.4, -0.2) is 6.54 Å². The summed E-state index contributed by atoms with van der Waals surface area (Å²) in [4.78, 5) is 0. The van der Waals surface area contributed by atoms with Gasteiger partial charge in [0.2, 0.25) is 0 Å². The van der Waals surface area contributed by atoms with Gasteiger partial charge in [0.05, 0.1) is 0 Å². The highest BCUT2D eigenvalue weighted by Crippen LogP contribution is 2.31. The maximum atomic E-state index is 3.65. The zero-order chi connectivity index (χ0) is 9.26. The van der Waals surface area contributed by atoms with Gasteiger partial charge in [-0.15, -0.1) is 0 Å². The lowest BCUT2D eigenvalue weighted by Crippen LogP contribution is -2.13. The quantitative estimate of drug-likeness (QED) is 0.794. The fourth-order valence-electron chi connectivity index (χ4n) is 1.89. The minimum absolute atomic E-state index is 0.564. The fraction of sp³-hybridized carbons (Fsp3) is 0.455. The third-order valence-corrected chi connectivity index (χ3v) is 3.74. The summed E-state index contributed by atoms with van der Waals surface area (Å²) < 4.78 is 1.27. The summed E-state index contributed by atoms with van der Waals surface area (Å²) in [7, 11) is 0. The van der Waals surface area contributed by atoms with Gasteiger partial charge in [0.15, 0.2) is 0 Å². The molecule has 0 bridgehead atoms. The van der Waals surface area contributed by atoms with Gasteiger partial charge in [0, 0.05) is 10.5 Å². The predicted octanol–water partition coefficient (Wildman–Crippen LogP) is 3.18. The molecular weight excluding hydrogens is 226 g/mol. The zero-order valence-corrected chi connectivity index (χ0v) is 9.39. The van der Waals surface area contributed by atoms with Crippen molar-refractivity contribution in [2.45, 2.75) is 25.8 Å². The lowest BCUT2D eigenvalue weighted by atomic mass is 10.0. The van der Waals surface area contributed by atoms with E-state index in [2.05, 4.69) is 46.4 Å². The molecule has 1 atom stereocenters. The monoisotopic (exact) mass is 239 g/mol. The average molecular weight is 240 g/mol. The van der Waals surface area contributed by atoms with Crippen LogP contribution in [0.2, 0.25) is 0 Å². The fourth-order valence-corrected chi connectivity index (χ4v) is 2.43. The normalized spacial score (nSPS) is 22.2. The van der Waals surface area contributed by atoms with Gasteiger partial charge < -0.3 is 5.32 Å². The Bertz CT molecular complexity index is 303. The SMILES string of the molecule is Cc1cccc([C@H]2CCCN2)c1Br. The van der Waals surface area contributed by atoms with Crippen LogP contribution in [0.4, 0.5) is 0 Å². The van der Waals surface area contributed by atoms with Crippen molar-refractivity contribution in [2.24, 2.45) is 0 Å². The largest absolute Gasteiger partial charge is 0.310 e. The molecule has 0 saturated carbocycles. The minimum atomic E-state index is 0.564. The summed E-state index contributed by atoms with van der Waals surface area (Å²) in [6, 6.07) is 7.05. The molecular formula is C11H14BrN. The van der Waals surface area contributed by atoms with E-state index in [1.807, 2.05) is 0 Å². The minimum Gasteiger partial charge on any atom is -0.310 e. The molecule has 1 saturated heterocycles. The number of nitrogens with one attached hydrogen (secondary N) is 1. The van der Waals surface area contributed by atoms with Crippen LogP contribution in [0.5, 0.6) is 0 Å². The molecule has 1 aromatic rings. The van der Waals surface area contributed by atoms with Gasteiger partial charge >= 0.3 is 0 Å². The Morgan fingerprint density at radius 2 is 2.31 bits per heavy atom. The third kappa shape index (κ3) is 1.79. The van der Waals surface area contributed by atoms with Crippen LogP contribution >= 0.6 is 15.9 Å². The van der Waals surface area contributed by atoms with Gasteiger partial charge in [-0.3, -0.25) is 0 Å². The first-order valence-corrected chi connectivity index (χ1v) is 5.57. The van der Waals surface area contributed by atoms with Crippen LogP contribution < -0.4 is 5.32 Å². The first kappa shape index (κ1) is 9.22. The van der Waals surface area contributed by atoms with Crippen molar-refractivity contribution in [2.75, 3.05) is 6.54 Å². The standard InChI is InChI=1S/C11H14BrN/c1-8-4-2-5-9(11(8)12)10-6-3-7-13-10/h2,4-5,10,13H,3,6-7H2,1H3/t10-/m1/s1. The first-order chi connectivity index (χ1) is 6.29. The van der Waals surface area contributed by atoms with Crippen LogP contribution in [0.1, 0.15) is 30.0 Å². The molecule has 2 heteroatoms. The number of aryl methyl sites for hydroxylation is 1. The Morgan fingerprint density at radius 3 is 3.00 bits per heavy atom. The third-order valence-electron chi connectivity index (χ3n) is 2.66. The summed E-state index contributed by atoms with van der Waals surface area (Å²) in [6.45, 7) is 3.30. The molecule has 1 aliphatic rings. The van der Waals surface area contributed by atoms with Crippen molar-refractivity contribution >= 4 is 15.9 Å². The second-order valence-corrected chi connectivity index (χ2v) is 4.42. The van der Waals surface area contributed by atoms with Crippen molar-refractivity contribution in [1.29, 1.82) is 0 Å². The predicted molar refractivity (Wildman–Crippen MR) is 58.9 cm³/mol. The molecule has 1 heterocycles. The average Bonchev–Trinajstić information content (AvgIpc) is 2.62. The molecule has 0 unspecified atom stereocenters. The Balaban J connectivity index is 2.33. The molecule has 70 valence electrons. The molecule has 0 amide bonds. The van der Waals surface area contributed by atoms with E-state index in [1.54, 1.807) is 0 Å². The van der Waals surface area contributed by atoms with Gasteiger partial charge in [-0.05, 0) is 37.4 Å². The highest BCUT2D eigenvalue weighted by atomic mass is 79.9. The van der Waals surface area contributed by atoms with E-state index >= 15 is 0 Å². The molecule has 1 nitrogen and oxygen atoms in total. The van der Waals surface area contributed by atoms with Crippen LogP contribution in [0.3, 0.4) is 0 Å². The molecule has 1 fully saturated rings. The lowest BCUT2D eigenvalue weighted by molar-refractivity contribution is 0.644. The van der Waals surface area contributed by atoms with Gasteiger partial charge in [0.1, 0.15) is 0 Å². The highest BCUT2D eigenvalue weighted by Gasteiger charge is 2.18. The summed E-state index contributed by atoms with van der Waals surface area (Å²) in [5, 5.41) is 3.51. The van der Waals surface area contributed by atoms with E-state index in [0.717, 1.165) is 6.54 Å². The number of rotatable bonds is 1. The zero-order valence-electron chi connectivity index (χ0n) is 7.81. The van der Waals surface area contributed by atoms with E-state index in [0.29, 0.717) is 6.04 Å². The van der Waals surface area contributed by atoms with E-state index in [-0.39, 0.29) is 0 Å². The van der Waals surface area contributed by atoms with Crippen LogP contribution in [-0.2, 0) is 0 Å². The highest BCUT2D eigenvalue weighted by molar-refractivity contribution is 9.10. The summed E-state index contributed by atoms with van der Waals surface area (Å²) in [5.41, 5.74) is 2.74. The summed E-state index contributed by atoms with van der Waals surface area (Å²) >= 11 is 3.65.